The Morgan fingerprint density at radius 3 is 2.94 bits per heavy atom. The molecule has 98 valence electrons. The van der Waals surface area contributed by atoms with E-state index in [9.17, 15) is 5.11 Å². The minimum Gasteiger partial charge on any atom is -0.409 e. The first-order valence-corrected chi connectivity index (χ1v) is 5.92. The van der Waals surface area contributed by atoms with Gasteiger partial charge in [0.15, 0.2) is 5.84 Å². The van der Waals surface area contributed by atoms with Crippen molar-refractivity contribution < 1.29 is 10.3 Å². The molecule has 1 aliphatic heterocycles. The van der Waals surface area contributed by atoms with Crippen LogP contribution < -0.4 is 10.6 Å². The molecule has 1 atom stereocenters. The number of hydrogen-bond donors (Lipinski definition) is 3. The Labute approximate surface area is 110 Å². The highest BCUT2D eigenvalue weighted by molar-refractivity contribution is 6.36. The number of nitrogens with zero attached hydrogens (tertiary/aromatic N) is 3. The molecule has 1 fully saturated rings. The average molecular weight is 271 g/mol. The molecule has 7 heteroatoms. The van der Waals surface area contributed by atoms with E-state index in [0.717, 1.165) is 0 Å². The molecule has 1 aromatic heterocycles. The summed E-state index contributed by atoms with van der Waals surface area (Å²) < 4.78 is 0. The second kappa shape index (κ2) is 4.62. The number of oxime groups is 1. The summed E-state index contributed by atoms with van der Waals surface area (Å²) in [5.41, 5.74) is 5.22. The lowest BCUT2D eigenvalue weighted by molar-refractivity contribution is 0.0839. The fourth-order valence-electron chi connectivity index (χ4n) is 2.03. The lowest BCUT2D eigenvalue weighted by Crippen LogP contribution is -2.30. The van der Waals surface area contributed by atoms with E-state index >= 15 is 0 Å². The van der Waals surface area contributed by atoms with Gasteiger partial charge in [-0.25, -0.2) is 4.98 Å². The smallest absolute Gasteiger partial charge is 0.171 e. The van der Waals surface area contributed by atoms with Gasteiger partial charge in [0.25, 0.3) is 0 Å². The van der Waals surface area contributed by atoms with Gasteiger partial charge in [-0.2, -0.15) is 0 Å². The fraction of sp³-hybridized carbons (Fsp3) is 0.455. The zero-order valence-corrected chi connectivity index (χ0v) is 10.7. The third-order valence-corrected chi connectivity index (χ3v) is 3.38. The summed E-state index contributed by atoms with van der Waals surface area (Å²) in [5.74, 6) is 0.480. The van der Waals surface area contributed by atoms with Crippen LogP contribution in [0.25, 0.3) is 0 Å². The first-order chi connectivity index (χ1) is 8.44. The standard InChI is InChI=1S/C11H15ClN4O2/c1-11(17)3-5-16(6-11)10-8(12)7(2-4-14-10)9(13)15-18/h2,4,17-18H,3,5-6H2,1H3,(H2,13,15). The third-order valence-electron chi connectivity index (χ3n) is 3.01. The zero-order chi connectivity index (χ0) is 13.3. The van der Waals surface area contributed by atoms with Gasteiger partial charge in [-0.1, -0.05) is 16.8 Å². The van der Waals surface area contributed by atoms with Crippen LogP contribution in [0.2, 0.25) is 5.02 Å². The van der Waals surface area contributed by atoms with Crippen LogP contribution in [0.3, 0.4) is 0 Å². The van der Waals surface area contributed by atoms with E-state index < -0.39 is 5.60 Å². The molecule has 0 saturated carbocycles. The van der Waals surface area contributed by atoms with E-state index in [4.69, 9.17) is 22.5 Å². The van der Waals surface area contributed by atoms with Crippen molar-refractivity contribution in [3.05, 3.63) is 22.8 Å². The summed E-state index contributed by atoms with van der Waals surface area (Å²) in [5, 5.41) is 21.9. The van der Waals surface area contributed by atoms with Crippen LogP contribution in [0, 0.1) is 0 Å². The van der Waals surface area contributed by atoms with Crippen molar-refractivity contribution in [3.8, 4) is 0 Å². The number of nitrogens with two attached hydrogens (primary N) is 1. The number of hydrogen-bond acceptors (Lipinski definition) is 5. The Morgan fingerprint density at radius 1 is 1.67 bits per heavy atom. The van der Waals surface area contributed by atoms with Crippen LogP contribution in [0.15, 0.2) is 17.4 Å². The van der Waals surface area contributed by atoms with E-state index in [1.165, 1.54) is 0 Å². The van der Waals surface area contributed by atoms with Crippen molar-refractivity contribution in [2.75, 3.05) is 18.0 Å². The maximum Gasteiger partial charge on any atom is 0.171 e. The maximum atomic E-state index is 9.94. The maximum absolute atomic E-state index is 9.94. The van der Waals surface area contributed by atoms with Gasteiger partial charge in [-0.15, -0.1) is 0 Å². The highest BCUT2D eigenvalue weighted by Crippen LogP contribution is 2.31. The van der Waals surface area contributed by atoms with Crippen LogP contribution in [-0.2, 0) is 0 Å². The van der Waals surface area contributed by atoms with E-state index in [2.05, 4.69) is 10.1 Å². The lowest BCUT2D eigenvalue weighted by Gasteiger charge is -2.21. The number of β-amino-alcohol motifs (C(OH)–C–C–N with tert-alkyl or cyclic N) is 1. The molecule has 0 bridgehead atoms. The van der Waals surface area contributed by atoms with Gasteiger partial charge in [0.05, 0.1) is 10.6 Å². The van der Waals surface area contributed by atoms with Gasteiger partial charge >= 0.3 is 0 Å². The van der Waals surface area contributed by atoms with Crippen molar-refractivity contribution in [3.63, 3.8) is 0 Å². The van der Waals surface area contributed by atoms with E-state index in [-0.39, 0.29) is 5.84 Å². The Kier molecular flexibility index (Phi) is 3.32. The van der Waals surface area contributed by atoms with Crippen LogP contribution in [0.1, 0.15) is 18.9 Å². The highest BCUT2D eigenvalue weighted by atomic mass is 35.5. The first-order valence-electron chi connectivity index (χ1n) is 5.54. The van der Waals surface area contributed by atoms with Gasteiger partial charge in [0, 0.05) is 24.8 Å². The molecule has 0 aliphatic carbocycles. The van der Waals surface area contributed by atoms with E-state index in [0.29, 0.717) is 35.9 Å². The van der Waals surface area contributed by atoms with E-state index in [1.807, 2.05) is 4.90 Å². The largest absolute Gasteiger partial charge is 0.409 e. The molecule has 0 aromatic carbocycles. The van der Waals surface area contributed by atoms with Crippen molar-refractivity contribution in [1.82, 2.24) is 4.98 Å². The molecular formula is C11H15ClN4O2. The molecular weight excluding hydrogens is 256 g/mol. The molecule has 4 N–H and O–H groups in total. The number of halogens is 1. The molecule has 6 nitrogen and oxygen atoms in total. The summed E-state index contributed by atoms with van der Waals surface area (Å²) in [6.07, 6.45) is 2.19. The van der Waals surface area contributed by atoms with Crippen LogP contribution >= 0.6 is 11.6 Å². The van der Waals surface area contributed by atoms with Gasteiger partial charge in [0.2, 0.25) is 0 Å². The van der Waals surface area contributed by atoms with Gasteiger partial charge in [0.1, 0.15) is 5.82 Å². The SMILES string of the molecule is CC1(O)CCN(c2nccc(/C(N)=N/O)c2Cl)C1. The molecule has 2 rings (SSSR count). The monoisotopic (exact) mass is 270 g/mol. The second-order valence-electron chi connectivity index (χ2n) is 4.65. The molecule has 2 heterocycles. The molecule has 0 amide bonds. The molecule has 1 aliphatic rings. The Bertz CT molecular complexity index is 490. The normalized spacial score (nSPS) is 24.6. The quantitative estimate of drug-likeness (QED) is 0.320. The van der Waals surface area contributed by atoms with Crippen LogP contribution in [-0.4, -0.2) is 39.8 Å². The lowest BCUT2D eigenvalue weighted by atomic mass is 10.1. The molecule has 0 spiro atoms. The molecule has 1 aromatic rings. The Balaban J connectivity index is 2.36. The number of anilines is 1. The summed E-state index contributed by atoms with van der Waals surface area (Å²) in [6, 6.07) is 1.58. The summed E-state index contributed by atoms with van der Waals surface area (Å²) in [6.45, 7) is 2.90. The number of aliphatic hydroxyl groups is 1. The molecule has 18 heavy (non-hydrogen) atoms. The topological polar surface area (TPSA) is 95.0 Å². The zero-order valence-electron chi connectivity index (χ0n) is 9.97. The minimum atomic E-state index is -0.738. The highest BCUT2D eigenvalue weighted by Gasteiger charge is 2.33. The molecule has 1 saturated heterocycles. The number of aromatic nitrogens is 1. The van der Waals surface area contributed by atoms with Crippen molar-refractivity contribution in [2.24, 2.45) is 10.9 Å². The number of rotatable bonds is 2. The Morgan fingerprint density at radius 2 is 2.39 bits per heavy atom. The van der Waals surface area contributed by atoms with Crippen molar-refractivity contribution >= 4 is 23.3 Å². The van der Waals surface area contributed by atoms with Crippen LogP contribution in [0.5, 0.6) is 0 Å². The fourth-order valence-corrected chi connectivity index (χ4v) is 2.36. The minimum absolute atomic E-state index is 0.0605. The van der Waals surface area contributed by atoms with Crippen LogP contribution in [0.4, 0.5) is 5.82 Å². The molecule has 0 radical (unpaired) electrons. The predicted octanol–water partition coefficient (Wildman–Crippen LogP) is 0.791. The average Bonchev–Trinajstić information content (AvgIpc) is 2.69. The third kappa shape index (κ3) is 2.34. The predicted molar refractivity (Wildman–Crippen MR) is 69.2 cm³/mol. The molecule has 1 unspecified atom stereocenters. The Hall–Kier alpha value is -1.53. The van der Waals surface area contributed by atoms with Gasteiger partial charge in [-0.3, -0.25) is 0 Å². The first kappa shape index (κ1) is 12.9. The van der Waals surface area contributed by atoms with Crippen molar-refractivity contribution in [2.45, 2.75) is 18.9 Å². The summed E-state index contributed by atoms with van der Waals surface area (Å²) in [7, 11) is 0. The second-order valence-corrected chi connectivity index (χ2v) is 5.03. The van der Waals surface area contributed by atoms with Crippen molar-refractivity contribution in [1.29, 1.82) is 0 Å². The van der Waals surface area contributed by atoms with E-state index in [1.54, 1.807) is 19.2 Å². The summed E-state index contributed by atoms with van der Waals surface area (Å²) in [4.78, 5) is 6.08. The number of amidine groups is 1. The summed E-state index contributed by atoms with van der Waals surface area (Å²) >= 11 is 6.20. The van der Waals surface area contributed by atoms with Gasteiger partial charge < -0.3 is 20.9 Å². The van der Waals surface area contributed by atoms with Gasteiger partial charge in [-0.05, 0) is 19.4 Å². The number of pyridine rings is 1.